The predicted octanol–water partition coefficient (Wildman–Crippen LogP) is 2.64. The minimum absolute atomic E-state index is 0.0866. The zero-order valence-electron chi connectivity index (χ0n) is 13.3. The van der Waals surface area contributed by atoms with Crippen LogP contribution < -0.4 is 16.2 Å². The molecule has 23 heavy (non-hydrogen) atoms. The number of benzene rings is 1. The van der Waals surface area contributed by atoms with Crippen molar-refractivity contribution in [3.8, 4) is 5.75 Å². The largest absolute Gasteiger partial charge is 0.494 e. The number of hydrogen-bond donors (Lipinski definition) is 4. The average molecular weight is 322 g/mol. The van der Waals surface area contributed by atoms with Gasteiger partial charge in [-0.05, 0) is 37.1 Å². The molecule has 7 nitrogen and oxygen atoms in total. The number of unbranched alkanes of at least 4 members (excludes halogenated alkanes) is 5. The molecule has 0 aliphatic carbocycles. The highest BCUT2D eigenvalue weighted by molar-refractivity contribution is 5.97. The Morgan fingerprint density at radius 1 is 0.870 bits per heavy atom. The number of nitrogens with two attached hydrogens (primary N) is 2. The lowest BCUT2D eigenvalue weighted by atomic mass is 10.1. The van der Waals surface area contributed by atoms with E-state index in [1.54, 1.807) is 24.3 Å². The smallest absolute Gasteiger partial charge is 0.170 e. The maximum atomic E-state index is 8.58. The zero-order chi connectivity index (χ0) is 16.9. The van der Waals surface area contributed by atoms with E-state index in [1.165, 1.54) is 0 Å². The van der Waals surface area contributed by atoms with E-state index in [1.807, 2.05) is 0 Å². The van der Waals surface area contributed by atoms with E-state index in [0.29, 0.717) is 24.4 Å². The fraction of sp³-hybridized carbons (Fsp3) is 0.500. The highest BCUT2D eigenvalue weighted by Gasteiger charge is 2.00. The second-order valence-corrected chi connectivity index (χ2v) is 5.32. The zero-order valence-corrected chi connectivity index (χ0v) is 13.3. The molecule has 1 rings (SSSR count). The Balaban J connectivity index is 2.05. The number of hydrogen-bond acceptors (Lipinski definition) is 5. The topological polar surface area (TPSA) is 126 Å². The van der Waals surface area contributed by atoms with E-state index < -0.39 is 0 Å². The molecular weight excluding hydrogens is 296 g/mol. The molecule has 0 aliphatic heterocycles. The Morgan fingerprint density at radius 2 is 1.48 bits per heavy atom. The van der Waals surface area contributed by atoms with Gasteiger partial charge in [0.05, 0.1) is 6.61 Å². The van der Waals surface area contributed by atoms with Crippen LogP contribution in [0.1, 0.15) is 50.5 Å². The second-order valence-electron chi connectivity index (χ2n) is 5.32. The van der Waals surface area contributed by atoms with Crippen LogP contribution in [-0.2, 0) is 0 Å². The van der Waals surface area contributed by atoms with Gasteiger partial charge in [0, 0.05) is 12.0 Å². The molecule has 0 amide bonds. The standard InChI is InChI=1S/C16H26N4O3/c17-15(19-21)7-5-3-1-2-4-6-12-23-14-10-8-13(9-11-14)16(18)20-22/h8-11,21-22H,1-7,12H2,(H2,17,19)(H2,18,20). The summed E-state index contributed by atoms with van der Waals surface area (Å²) in [5.74, 6) is 1.17. The number of rotatable bonds is 11. The minimum atomic E-state index is 0.0866. The SMILES string of the molecule is N/C(=N\O)c1ccc(OCCCCCCCC/C(N)=N\O)cc1. The summed E-state index contributed by atoms with van der Waals surface area (Å²) >= 11 is 0. The van der Waals surface area contributed by atoms with Gasteiger partial charge in [0.25, 0.3) is 0 Å². The summed E-state index contributed by atoms with van der Waals surface area (Å²) in [5.41, 5.74) is 11.6. The lowest BCUT2D eigenvalue weighted by Crippen LogP contribution is -2.12. The fourth-order valence-electron chi connectivity index (χ4n) is 2.13. The first-order valence-electron chi connectivity index (χ1n) is 7.84. The van der Waals surface area contributed by atoms with Crippen LogP contribution in [0.4, 0.5) is 0 Å². The van der Waals surface area contributed by atoms with Crippen molar-refractivity contribution >= 4 is 11.7 Å². The molecular formula is C16H26N4O3. The number of oxime groups is 2. The van der Waals surface area contributed by atoms with Crippen LogP contribution in [0.25, 0.3) is 0 Å². The molecule has 0 bridgehead atoms. The van der Waals surface area contributed by atoms with Gasteiger partial charge in [-0.2, -0.15) is 0 Å². The maximum Gasteiger partial charge on any atom is 0.170 e. The van der Waals surface area contributed by atoms with Crippen molar-refractivity contribution in [2.24, 2.45) is 21.8 Å². The van der Waals surface area contributed by atoms with Crippen LogP contribution in [0, 0.1) is 0 Å². The summed E-state index contributed by atoms with van der Waals surface area (Å²) in [6.45, 7) is 0.674. The molecule has 7 heteroatoms. The Hall–Kier alpha value is -2.44. The van der Waals surface area contributed by atoms with Gasteiger partial charge in [-0.3, -0.25) is 0 Å². The summed E-state index contributed by atoms with van der Waals surface area (Å²) in [5, 5.41) is 22.9. The molecule has 0 radical (unpaired) electrons. The molecule has 0 saturated heterocycles. The Morgan fingerprint density at radius 3 is 2.09 bits per heavy atom. The Bertz CT molecular complexity index is 501. The molecule has 0 fully saturated rings. The van der Waals surface area contributed by atoms with Gasteiger partial charge in [-0.25, -0.2) is 0 Å². The van der Waals surface area contributed by atoms with Gasteiger partial charge in [-0.1, -0.05) is 36.0 Å². The van der Waals surface area contributed by atoms with Crippen LogP contribution in [0.2, 0.25) is 0 Å². The highest BCUT2D eigenvalue weighted by atomic mass is 16.5. The average Bonchev–Trinajstić information content (AvgIpc) is 2.59. The first-order chi connectivity index (χ1) is 11.2. The minimum Gasteiger partial charge on any atom is -0.494 e. The van der Waals surface area contributed by atoms with E-state index in [2.05, 4.69) is 10.3 Å². The second kappa shape index (κ2) is 11.2. The molecule has 128 valence electrons. The first-order valence-corrected chi connectivity index (χ1v) is 7.84. The van der Waals surface area contributed by atoms with Crippen molar-refractivity contribution in [3.63, 3.8) is 0 Å². The monoisotopic (exact) mass is 322 g/mol. The van der Waals surface area contributed by atoms with Crippen LogP contribution in [0.5, 0.6) is 5.75 Å². The van der Waals surface area contributed by atoms with Crippen LogP contribution in [0.3, 0.4) is 0 Å². The van der Waals surface area contributed by atoms with Crippen LogP contribution in [-0.4, -0.2) is 28.7 Å². The van der Waals surface area contributed by atoms with Gasteiger partial charge in [0.2, 0.25) is 0 Å². The number of nitrogens with zero attached hydrogens (tertiary/aromatic N) is 2. The molecule has 0 aromatic heterocycles. The molecule has 6 N–H and O–H groups in total. The normalized spacial score (nSPS) is 12.3. The highest BCUT2D eigenvalue weighted by Crippen LogP contribution is 2.13. The van der Waals surface area contributed by atoms with E-state index in [9.17, 15) is 0 Å². The molecule has 0 saturated carbocycles. The van der Waals surface area contributed by atoms with Crippen molar-refractivity contribution in [1.82, 2.24) is 0 Å². The van der Waals surface area contributed by atoms with Gasteiger partial charge in [-0.15, -0.1) is 0 Å². The Kier molecular flexibility index (Phi) is 9.04. The van der Waals surface area contributed by atoms with Crippen LogP contribution >= 0.6 is 0 Å². The maximum absolute atomic E-state index is 8.58. The van der Waals surface area contributed by atoms with Crippen LogP contribution in [0.15, 0.2) is 34.6 Å². The third kappa shape index (κ3) is 7.94. The molecule has 0 heterocycles. The van der Waals surface area contributed by atoms with E-state index in [4.69, 9.17) is 26.6 Å². The lowest BCUT2D eigenvalue weighted by Gasteiger charge is -2.07. The molecule has 0 aliphatic rings. The Labute approximate surface area is 136 Å². The summed E-state index contributed by atoms with van der Waals surface area (Å²) in [4.78, 5) is 0. The summed E-state index contributed by atoms with van der Waals surface area (Å²) in [6.07, 6.45) is 7.12. The van der Waals surface area contributed by atoms with E-state index >= 15 is 0 Å². The van der Waals surface area contributed by atoms with Gasteiger partial charge >= 0.3 is 0 Å². The molecule has 1 aromatic rings. The van der Waals surface area contributed by atoms with Crippen molar-refractivity contribution < 1.29 is 15.2 Å². The first kappa shape index (κ1) is 18.6. The molecule has 0 unspecified atom stereocenters. The third-order valence-corrected chi connectivity index (χ3v) is 3.48. The summed E-state index contributed by atoms with van der Waals surface area (Å²) in [6, 6.07) is 7.12. The number of ether oxygens (including phenoxy) is 1. The molecule has 0 atom stereocenters. The van der Waals surface area contributed by atoms with Crippen molar-refractivity contribution in [3.05, 3.63) is 29.8 Å². The molecule has 1 aromatic carbocycles. The lowest BCUT2D eigenvalue weighted by molar-refractivity contribution is 0.304. The predicted molar refractivity (Wildman–Crippen MR) is 90.2 cm³/mol. The van der Waals surface area contributed by atoms with Gasteiger partial charge in [0.1, 0.15) is 11.6 Å². The van der Waals surface area contributed by atoms with Gasteiger partial charge in [0.15, 0.2) is 5.84 Å². The van der Waals surface area contributed by atoms with Crippen molar-refractivity contribution in [1.29, 1.82) is 0 Å². The third-order valence-electron chi connectivity index (χ3n) is 3.48. The summed E-state index contributed by atoms with van der Waals surface area (Å²) < 4.78 is 5.64. The fourth-order valence-corrected chi connectivity index (χ4v) is 2.13. The van der Waals surface area contributed by atoms with Gasteiger partial charge < -0.3 is 26.6 Å². The van der Waals surface area contributed by atoms with E-state index in [0.717, 1.165) is 44.3 Å². The van der Waals surface area contributed by atoms with Crippen molar-refractivity contribution in [2.75, 3.05) is 6.61 Å². The van der Waals surface area contributed by atoms with Crippen molar-refractivity contribution in [2.45, 2.75) is 44.9 Å². The molecule has 0 spiro atoms. The quantitative estimate of drug-likeness (QED) is 0.164. The summed E-state index contributed by atoms with van der Waals surface area (Å²) in [7, 11) is 0. The van der Waals surface area contributed by atoms with E-state index in [-0.39, 0.29) is 5.84 Å². The number of amidine groups is 2.